The van der Waals surface area contributed by atoms with Crippen molar-refractivity contribution in [3.63, 3.8) is 0 Å². The SMILES string of the molecule is CC(C)c1ccc(N2c3cc4ccccc4cc3B3c4cc(C(C)C)ccc4N(c4ccc5ccccc5c4)c4cc(-n5c6cccc7c6c6c8c(cccc8ccc65)-c5ccccc5-7)cc2c43)cc1. The summed E-state index contributed by atoms with van der Waals surface area (Å²) in [4.78, 5) is 5.18. The molecule has 0 atom stereocenters. The van der Waals surface area contributed by atoms with Crippen molar-refractivity contribution < 1.29 is 0 Å². The van der Waals surface area contributed by atoms with Crippen molar-refractivity contribution in [1.29, 1.82) is 0 Å². The molecule has 0 saturated heterocycles. The van der Waals surface area contributed by atoms with Gasteiger partial charge in [0.2, 0.25) is 0 Å². The Morgan fingerprint density at radius 2 is 0.871 bits per heavy atom. The quantitative estimate of drug-likeness (QED) is 0.160. The molecule has 0 fully saturated rings. The van der Waals surface area contributed by atoms with E-state index < -0.39 is 0 Å². The van der Waals surface area contributed by atoms with E-state index in [-0.39, 0.29) is 6.71 Å². The van der Waals surface area contributed by atoms with Gasteiger partial charge in [-0.25, -0.2) is 0 Å². The van der Waals surface area contributed by atoms with Gasteiger partial charge in [-0.2, -0.15) is 0 Å². The highest BCUT2D eigenvalue weighted by atomic mass is 15.2. The molecule has 0 amide bonds. The topological polar surface area (TPSA) is 11.4 Å². The highest BCUT2D eigenvalue weighted by Gasteiger charge is 2.44. The van der Waals surface area contributed by atoms with Gasteiger partial charge in [0.15, 0.2) is 0 Å². The van der Waals surface area contributed by atoms with Crippen molar-refractivity contribution in [1.82, 2.24) is 4.57 Å². The lowest BCUT2D eigenvalue weighted by Gasteiger charge is -2.45. The molecular weight excluding hydrogens is 846 g/mol. The number of hydrogen-bond donors (Lipinski definition) is 0. The molecule has 0 radical (unpaired) electrons. The maximum absolute atomic E-state index is 2.59. The predicted octanol–water partition coefficient (Wildman–Crippen LogP) is 16.2. The number of nitrogens with zero attached hydrogens (tertiary/aromatic N) is 3. The van der Waals surface area contributed by atoms with E-state index in [0.717, 1.165) is 17.1 Å². The molecule has 4 heteroatoms. The Balaban J connectivity index is 1.11. The van der Waals surface area contributed by atoms with Gasteiger partial charge in [0.05, 0.1) is 16.7 Å². The summed E-state index contributed by atoms with van der Waals surface area (Å²) in [5, 5.41) is 10.2. The molecule has 1 aliphatic carbocycles. The number of hydrogen-bond acceptors (Lipinski definition) is 2. The van der Waals surface area contributed by atoms with Gasteiger partial charge in [-0.15, -0.1) is 0 Å². The second-order valence-corrected chi connectivity index (χ2v) is 20.5. The molecule has 0 unspecified atom stereocenters. The number of benzene rings is 11. The third-order valence-corrected chi connectivity index (χ3v) is 16.0. The van der Waals surface area contributed by atoms with E-state index in [9.17, 15) is 0 Å². The predicted molar refractivity (Wildman–Crippen MR) is 300 cm³/mol. The third-order valence-electron chi connectivity index (χ3n) is 16.0. The second kappa shape index (κ2) is 14.6. The Bertz CT molecular complexity index is 4210. The average Bonchev–Trinajstić information content (AvgIpc) is 3.68. The van der Waals surface area contributed by atoms with Gasteiger partial charge in [0, 0.05) is 44.9 Å². The average molecular weight is 894 g/mol. The molecule has 2 aliphatic heterocycles. The Labute approximate surface area is 408 Å². The number of fused-ring (bicyclic) bond motifs is 9. The molecule has 3 aliphatic rings. The van der Waals surface area contributed by atoms with E-state index in [2.05, 4.69) is 248 Å². The van der Waals surface area contributed by atoms with Crippen LogP contribution in [0.25, 0.3) is 82.1 Å². The zero-order chi connectivity index (χ0) is 46.5. The minimum Gasteiger partial charge on any atom is -0.311 e. The first-order chi connectivity index (χ1) is 34.4. The molecule has 0 spiro atoms. The van der Waals surface area contributed by atoms with Crippen LogP contribution < -0.4 is 26.2 Å². The first-order valence-corrected chi connectivity index (χ1v) is 25.0. The third kappa shape index (κ3) is 5.47. The van der Waals surface area contributed by atoms with Crippen LogP contribution in [0, 0.1) is 0 Å². The first-order valence-electron chi connectivity index (χ1n) is 25.0. The Kier molecular flexibility index (Phi) is 8.26. The molecule has 1 aromatic heterocycles. The van der Waals surface area contributed by atoms with Crippen LogP contribution in [0.5, 0.6) is 0 Å². The highest BCUT2D eigenvalue weighted by molar-refractivity contribution is 7.00. The maximum atomic E-state index is 2.59. The van der Waals surface area contributed by atoms with Crippen molar-refractivity contribution in [3.05, 3.63) is 217 Å². The van der Waals surface area contributed by atoms with E-state index in [0.29, 0.717) is 11.8 Å². The van der Waals surface area contributed by atoms with Crippen LogP contribution in [0.3, 0.4) is 0 Å². The zero-order valence-corrected chi connectivity index (χ0v) is 39.7. The summed E-state index contributed by atoms with van der Waals surface area (Å²) in [5.74, 6) is 0.791. The molecule has 70 heavy (non-hydrogen) atoms. The summed E-state index contributed by atoms with van der Waals surface area (Å²) in [5.41, 5.74) is 22.5. The van der Waals surface area contributed by atoms with E-state index in [4.69, 9.17) is 0 Å². The number of anilines is 6. The van der Waals surface area contributed by atoms with Crippen LogP contribution >= 0.6 is 0 Å². The molecule has 3 nitrogen and oxygen atoms in total. The smallest absolute Gasteiger partial charge is 0.252 e. The minimum absolute atomic E-state index is 0.0198. The molecular formula is C66H48BN3. The van der Waals surface area contributed by atoms with E-state index in [1.165, 1.54) is 127 Å². The van der Waals surface area contributed by atoms with Gasteiger partial charge in [-0.3, -0.25) is 0 Å². The second-order valence-electron chi connectivity index (χ2n) is 20.5. The Hall–Kier alpha value is -8.34. The standard InChI is InChI=1S/C66H48BN3/c1-39(2)41-23-28-48(29-24-41)68-60-36-47-16-8-7-15-46(47)35-56(60)67-55-34-44(40(3)4)27-31-57(55)69(49-30-25-42-13-5-6-14-45(42)33-49)62-38-50(37-61(68)66(62)67)70-58-22-12-21-54-52-19-10-9-18-51(52)53-20-11-17-43-26-32-59(70)65(63(43)53)64(54)58/h5-40H,1-4H3. The van der Waals surface area contributed by atoms with Crippen molar-refractivity contribution >= 4 is 111 Å². The lowest BCUT2D eigenvalue weighted by atomic mass is 9.33. The van der Waals surface area contributed by atoms with Crippen LogP contribution in [-0.2, 0) is 0 Å². The Morgan fingerprint density at radius 3 is 1.60 bits per heavy atom. The van der Waals surface area contributed by atoms with Crippen LogP contribution in [0.15, 0.2) is 206 Å². The fourth-order valence-corrected chi connectivity index (χ4v) is 12.7. The van der Waals surface area contributed by atoms with Crippen molar-refractivity contribution in [3.8, 4) is 27.9 Å². The van der Waals surface area contributed by atoms with E-state index >= 15 is 0 Å². The summed E-state index contributed by atoms with van der Waals surface area (Å²) < 4.78 is 2.58. The maximum Gasteiger partial charge on any atom is 0.252 e. The van der Waals surface area contributed by atoms with Gasteiger partial charge in [0.25, 0.3) is 6.71 Å². The highest BCUT2D eigenvalue weighted by Crippen LogP contribution is 2.52. The monoisotopic (exact) mass is 893 g/mol. The molecule has 3 heterocycles. The molecule has 0 bridgehead atoms. The molecule has 12 aromatic rings. The fraction of sp³-hybridized carbons (Fsp3) is 0.0909. The lowest BCUT2D eigenvalue weighted by molar-refractivity contribution is 0.866. The fourth-order valence-electron chi connectivity index (χ4n) is 12.7. The number of rotatable bonds is 5. The minimum atomic E-state index is -0.0198. The van der Waals surface area contributed by atoms with Crippen molar-refractivity contribution in [2.75, 3.05) is 9.80 Å². The van der Waals surface area contributed by atoms with Crippen molar-refractivity contribution in [2.45, 2.75) is 39.5 Å². The lowest BCUT2D eigenvalue weighted by Crippen LogP contribution is -2.61. The van der Waals surface area contributed by atoms with Gasteiger partial charge in [-0.05, 0) is 155 Å². The normalized spacial score (nSPS) is 13.3. The molecule has 0 saturated carbocycles. The summed E-state index contributed by atoms with van der Waals surface area (Å²) in [6, 6.07) is 78.9. The van der Waals surface area contributed by atoms with Gasteiger partial charge in [0.1, 0.15) is 0 Å². The van der Waals surface area contributed by atoms with E-state index in [1.807, 2.05) is 0 Å². The largest absolute Gasteiger partial charge is 0.311 e. The van der Waals surface area contributed by atoms with Crippen LogP contribution in [-0.4, -0.2) is 11.3 Å². The van der Waals surface area contributed by atoms with Crippen LogP contribution in [0.1, 0.15) is 50.7 Å². The molecule has 330 valence electrons. The van der Waals surface area contributed by atoms with Crippen molar-refractivity contribution in [2.24, 2.45) is 0 Å². The molecule has 0 N–H and O–H groups in total. The van der Waals surface area contributed by atoms with Gasteiger partial charge >= 0.3 is 0 Å². The molecule has 11 aromatic carbocycles. The van der Waals surface area contributed by atoms with Gasteiger partial charge < -0.3 is 14.4 Å². The zero-order valence-electron chi connectivity index (χ0n) is 39.7. The van der Waals surface area contributed by atoms with Gasteiger partial charge in [-0.1, -0.05) is 173 Å². The summed E-state index contributed by atoms with van der Waals surface area (Å²) in [6.45, 7) is 9.19. The summed E-state index contributed by atoms with van der Waals surface area (Å²) in [6.07, 6.45) is 0. The summed E-state index contributed by atoms with van der Waals surface area (Å²) in [7, 11) is 0. The van der Waals surface area contributed by atoms with E-state index in [1.54, 1.807) is 0 Å². The van der Waals surface area contributed by atoms with Crippen LogP contribution in [0.2, 0.25) is 0 Å². The Morgan fingerprint density at radius 1 is 0.329 bits per heavy atom. The first kappa shape index (κ1) is 39.6. The number of aromatic nitrogens is 1. The van der Waals surface area contributed by atoms with Crippen LogP contribution in [0.4, 0.5) is 34.1 Å². The molecule has 15 rings (SSSR count). The summed E-state index contributed by atoms with van der Waals surface area (Å²) >= 11 is 0.